The van der Waals surface area contributed by atoms with E-state index in [0.29, 0.717) is 32.0 Å². The van der Waals surface area contributed by atoms with Crippen LogP contribution >= 0.6 is 0 Å². The minimum Gasteiger partial charge on any atom is -0.384 e. The predicted octanol–water partition coefficient (Wildman–Crippen LogP) is 1.03. The van der Waals surface area contributed by atoms with Gasteiger partial charge in [0.25, 0.3) is 0 Å². The molecule has 0 aromatic carbocycles. The number of methoxy groups -OCH3 is 1. The van der Waals surface area contributed by atoms with Crippen LogP contribution in [0.15, 0.2) is 0 Å². The summed E-state index contributed by atoms with van der Waals surface area (Å²) < 4.78 is 5.19. The Labute approximate surface area is 121 Å². The molecule has 1 N–H and O–H groups in total. The fourth-order valence-electron chi connectivity index (χ4n) is 3.53. The molecule has 114 valence electrons. The number of carbonyl (C=O) groups excluding carboxylic acids is 2. The fraction of sp³-hybridized carbons (Fsp3) is 0.867. The van der Waals surface area contributed by atoms with Gasteiger partial charge in [-0.15, -0.1) is 0 Å². The van der Waals surface area contributed by atoms with Gasteiger partial charge in [-0.25, -0.2) is 0 Å². The highest BCUT2D eigenvalue weighted by Gasteiger charge is 2.39. The van der Waals surface area contributed by atoms with Crippen molar-refractivity contribution >= 4 is 11.8 Å². The van der Waals surface area contributed by atoms with Crippen molar-refractivity contribution in [1.29, 1.82) is 0 Å². The first-order valence-electron chi connectivity index (χ1n) is 7.64. The van der Waals surface area contributed by atoms with Gasteiger partial charge in [-0.1, -0.05) is 12.8 Å². The quantitative estimate of drug-likeness (QED) is 0.819. The predicted molar refractivity (Wildman–Crippen MR) is 76.1 cm³/mol. The number of likely N-dealkylation sites (tertiary alicyclic amines) is 1. The van der Waals surface area contributed by atoms with E-state index in [2.05, 4.69) is 5.32 Å². The van der Waals surface area contributed by atoms with E-state index in [9.17, 15) is 9.59 Å². The average molecular weight is 282 g/mol. The second kappa shape index (κ2) is 7.07. The second-order valence-electron chi connectivity index (χ2n) is 6.09. The van der Waals surface area contributed by atoms with Crippen molar-refractivity contribution in [2.45, 2.75) is 32.1 Å². The third-order valence-corrected chi connectivity index (χ3v) is 4.70. The van der Waals surface area contributed by atoms with E-state index in [4.69, 9.17) is 4.74 Å². The average Bonchev–Trinajstić information content (AvgIpc) is 3.08. The SMILES string of the molecule is CNC(=O)[C@@H]1CN(C(=O)CC2CCCC2)C[C@H]1COC. The van der Waals surface area contributed by atoms with E-state index in [1.807, 2.05) is 4.90 Å². The van der Waals surface area contributed by atoms with E-state index in [1.54, 1.807) is 14.2 Å². The number of carbonyl (C=O) groups is 2. The van der Waals surface area contributed by atoms with Crippen LogP contribution in [0, 0.1) is 17.8 Å². The van der Waals surface area contributed by atoms with E-state index >= 15 is 0 Å². The molecule has 1 saturated heterocycles. The minimum atomic E-state index is -0.132. The summed E-state index contributed by atoms with van der Waals surface area (Å²) in [5.41, 5.74) is 0. The molecule has 2 aliphatic rings. The van der Waals surface area contributed by atoms with E-state index in [-0.39, 0.29) is 23.7 Å². The Hall–Kier alpha value is -1.10. The first kappa shape index (κ1) is 15.3. The largest absolute Gasteiger partial charge is 0.384 e. The van der Waals surface area contributed by atoms with Crippen molar-refractivity contribution in [3.63, 3.8) is 0 Å². The summed E-state index contributed by atoms with van der Waals surface area (Å²) in [7, 11) is 3.29. The van der Waals surface area contributed by atoms with Gasteiger partial charge in [0.05, 0.1) is 12.5 Å². The molecule has 1 aliphatic carbocycles. The summed E-state index contributed by atoms with van der Waals surface area (Å²) in [4.78, 5) is 26.1. The Bertz CT molecular complexity index is 353. The molecule has 0 radical (unpaired) electrons. The first-order chi connectivity index (χ1) is 9.65. The topological polar surface area (TPSA) is 58.6 Å². The van der Waals surface area contributed by atoms with Gasteiger partial charge in [0.2, 0.25) is 11.8 Å². The van der Waals surface area contributed by atoms with Crippen LogP contribution in [0.5, 0.6) is 0 Å². The van der Waals surface area contributed by atoms with E-state index in [1.165, 1.54) is 25.7 Å². The summed E-state index contributed by atoms with van der Waals surface area (Å²) in [5.74, 6) is 0.773. The van der Waals surface area contributed by atoms with Crippen LogP contribution < -0.4 is 5.32 Å². The van der Waals surface area contributed by atoms with Gasteiger partial charge in [0.15, 0.2) is 0 Å². The molecule has 1 saturated carbocycles. The first-order valence-corrected chi connectivity index (χ1v) is 7.64. The normalized spacial score (nSPS) is 27.0. The summed E-state index contributed by atoms with van der Waals surface area (Å²) in [5, 5.41) is 2.70. The molecule has 0 spiro atoms. The van der Waals surface area contributed by atoms with Crippen LogP contribution in [0.2, 0.25) is 0 Å². The highest BCUT2D eigenvalue weighted by atomic mass is 16.5. The lowest BCUT2D eigenvalue weighted by atomic mass is 9.96. The van der Waals surface area contributed by atoms with Gasteiger partial charge in [-0.3, -0.25) is 9.59 Å². The molecule has 2 rings (SSSR count). The lowest BCUT2D eigenvalue weighted by molar-refractivity contribution is -0.131. The summed E-state index contributed by atoms with van der Waals surface area (Å²) in [6.45, 7) is 1.72. The number of rotatable bonds is 5. The molecule has 2 amide bonds. The van der Waals surface area contributed by atoms with Crippen molar-refractivity contribution in [1.82, 2.24) is 10.2 Å². The maximum atomic E-state index is 12.4. The van der Waals surface area contributed by atoms with Crippen LogP contribution in [0.25, 0.3) is 0 Å². The summed E-state index contributed by atoms with van der Waals surface area (Å²) in [6.07, 6.45) is 5.52. The molecule has 1 heterocycles. The zero-order chi connectivity index (χ0) is 14.5. The maximum Gasteiger partial charge on any atom is 0.225 e. The zero-order valence-corrected chi connectivity index (χ0v) is 12.6. The second-order valence-corrected chi connectivity index (χ2v) is 6.09. The number of nitrogens with one attached hydrogen (secondary N) is 1. The molecule has 2 atom stereocenters. The van der Waals surface area contributed by atoms with Gasteiger partial charge in [0.1, 0.15) is 0 Å². The van der Waals surface area contributed by atoms with Crippen molar-refractivity contribution in [2.75, 3.05) is 33.9 Å². The number of hydrogen-bond donors (Lipinski definition) is 1. The Morgan fingerprint density at radius 3 is 2.55 bits per heavy atom. The Balaban J connectivity index is 1.92. The molecule has 2 fully saturated rings. The monoisotopic (exact) mass is 282 g/mol. The molecule has 0 aromatic rings. The Morgan fingerprint density at radius 1 is 1.25 bits per heavy atom. The van der Waals surface area contributed by atoms with Crippen LogP contribution in [0.3, 0.4) is 0 Å². The number of amides is 2. The third-order valence-electron chi connectivity index (χ3n) is 4.70. The van der Waals surface area contributed by atoms with Crippen LogP contribution in [-0.2, 0) is 14.3 Å². The summed E-state index contributed by atoms with van der Waals surface area (Å²) in [6, 6.07) is 0. The summed E-state index contributed by atoms with van der Waals surface area (Å²) >= 11 is 0. The van der Waals surface area contributed by atoms with Gasteiger partial charge in [-0.05, 0) is 18.8 Å². The molecule has 5 nitrogen and oxygen atoms in total. The molecule has 1 aliphatic heterocycles. The molecule has 0 unspecified atom stereocenters. The van der Waals surface area contributed by atoms with Crippen LogP contribution in [0.4, 0.5) is 0 Å². The van der Waals surface area contributed by atoms with Crippen LogP contribution in [-0.4, -0.2) is 50.6 Å². The number of ether oxygens (including phenoxy) is 1. The van der Waals surface area contributed by atoms with Crippen molar-refractivity contribution in [2.24, 2.45) is 17.8 Å². The molecular formula is C15H26N2O3. The standard InChI is InChI=1S/C15H26N2O3/c1-16-15(19)13-9-17(8-12(13)10-20-2)14(18)7-11-5-3-4-6-11/h11-13H,3-10H2,1-2H3,(H,16,19)/t12-,13+/m0/s1. The molecule has 0 aromatic heterocycles. The van der Waals surface area contributed by atoms with Crippen molar-refractivity contribution in [3.8, 4) is 0 Å². The fourth-order valence-corrected chi connectivity index (χ4v) is 3.53. The highest BCUT2D eigenvalue weighted by molar-refractivity contribution is 5.82. The molecular weight excluding hydrogens is 256 g/mol. The van der Waals surface area contributed by atoms with Crippen molar-refractivity contribution in [3.05, 3.63) is 0 Å². The Morgan fingerprint density at radius 2 is 1.95 bits per heavy atom. The molecule has 5 heteroatoms. The van der Waals surface area contributed by atoms with Crippen LogP contribution in [0.1, 0.15) is 32.1 Å². The van der Waals surface area contributed by atoms with E-state index in [0.717, 1.165) is 0 Å². The van der Waals surface area contributed by atoms with Gasteiger partial charge >= 0.3 is 0 Å². The lowest BCUT2D eigenvalue weighted by Gasteiger charge is -2.18. The Kier molecular flexibility index (Phi) is 5.40. The number of nitrogens with zero attached hydrogens (tertiary/aromatic N) is 1. The minimum absolute atomic E-state index is 0.0169. The maximum absolute atomic E-state index is 12.4. The van der Waals surface area contributed by atoms with Gasteiger partial charge in [0, 0.05) is 39.6 Å². The van der Waals surface area contributed by atoms with E-state index < -0.39 is 0 Å². The molecule has 20 heavy (non-hydrogen) atoms. The van der Waals surface area contributed by atoms with Gasteiger partial charge < -0.3 is 15.0 Å². The highest BCUT2D eigenvalue weighted by Crippen LogP contribution is 2.30. The smallest absolute Gasteiger partial charge is 0.225 e. The zero-order valence-electron chi connectivity index (χ0n) is 12.6. The molecule has 0 bridgehead atoms. The van der Waals surface area contributed by atoms with Crippen molar-refractivity contribution < 1.29 is 14.3 Å². The van der Waals surface area contributed by atoms with Gasteiger partial charge in [-0.2, -0.15) is 0 Å². The number of hydrogen-bond acceptors (Lipinski definition) is 3. The third kappa shape index (κ3) is 3.51. The lowest BCUT2D eigenvalue weighted by Crippen LogP contribution is -2.34.